The largest absolute Gasteiger partial charge is 0.481 e. The van der Waals surface area contributed by atoms with Crippen molar-refractivity contribution in [3.05, 3.63) is 0 Å². The van der Waals surface area contributed by atoms with Gasteiger partial charge in [-0.3, -0.25) is 4.79 Å². The maximum absolute atomic E-state index is 9.71. The summed E-state index contributed by atoms with van der Waals surface area (Å²) in [5.41, 5.74) is 0. The summed E-state index contributed by atoms with van der Waals surface area (Å²) in [6, 6.07) is 0. The monoisotopic (exact) mass is 138 g/mol. The molecule has 0 saturated carbocycles. The van der Waals surface area contributed by atoms with Crippen LogP contribution >= 0.6 is 22.5 Å². The summed E-state index contributed by atoms with van der Waals surface area (Å²) in [4.78, 5) is 9.71. The number of carboxylic acid groups (broad SMARTS) is 1. The third-order valence-corrected chi connectivity index (χ3v) is 1.34. The average Bonchev–Trinajstić information content (AvgIpc) is 1.61. The number of carbonyl (C=O) groups is 1. The molecule has 0 aromatic rings. The summed E-state index contributed by atoms with van der Waals surface area (Å²) in [6.07, 6.45) is 0.203. The van der Waals surface area contributed by atoms with Crippen molar-refractivity contribution >= 4 is 28.4 Å². The van der Waals surface area contributed by atoms with Crippen molar-refractivity contribution in [2.24, 2.45) is 0 Å². The molecule has 0 aliphatic carbocycles. The second kappa shape index (κ2) is 4.33. The lowest BCUT2D eigenvalue weighted by molar-refractivity contribution is -0.136. The second-order valence-corrected chi connectivity index (χ2v) is 2.42. The van der Waals surface area contributed by atoms with Crippen LogP contribution in [0, 0.1) is 0 Å². The molecular formula is C3H6O2S2. The van der Waals surface area contributed by atoms with E-state index in [4.69, 9.17) is 5.11 Å². The highest BCUT2D eigenvalue weighted by Gasteiger charge is 1.91. The van der Waals surface area contributed by atoms with Crippen molar-refractivity contribution in [1.82, 2.24) is 0 Å². The van der Waals surface area contributed by atoms with Gasteiger partial charge in [-0.15, -0.1) is 11.7 Å². The number of aliphatic carboxylic acids is 1. The summed E-state index contributed by atoms with van der Waals surface area (Å²) in [5.74, 6) is -0.181. The van der Waals surface area contributed by atoms with E-state index in [1.165, 1.54) is 10.8 Å². The first-order chi connectivity index (χ1) is 3.27. The SMILES string of the molecule is O=C(O)CCSS. The topological polar surface area (TPSA) is 37.3 Å². The molecule has 0 aromatic heterocycles. The van der Waals surface area contributed by atoms with Crippen LogP contribution in [0.25, 0.3) is 0 Å². The molecule has 0 bridgehead atoms. The van der Waals surface area contributed by atoms with Crippen molar-refractivity contribution < 1.29 is 9.90 Å². The fraction of sp³-hybridized carbons (Fsp3) is 0.667. The lowest BCUT2D eigenvalue weighted by Gasteiger charge is -1.84. The Morgan fingerprint density at radius 1 is 1.86 bits per heavy atom. The molecule has 7 heavy (non-hydrogen) atoms. The van der Waals surface area contributed by atoms with Crippen LogP contribution in [0.1, 0.15) is 6.42 Å². The van der Waals surface area contributed by atoms with Gasteiger partial charge in [0.2, 0.25) is 0 Å². The summed E-state index contributed by atoms with van der Waals surface area (Å²) in [7, 11) is 1.24. The van der Waals surface area contributed by atoms with Gasteiger partial charge in [0.15, 0.2) is 0 Å². The molecule has 0 atom stereocenters. The highest BCUT2D eigenvalue weighted by atomic mass is 33.1. The van der Waals surface area contributed by atoms with Crippen LogP contribution in [0.5, 0.6) is 0 Å². The molecule has 1 N–H and O–H groups in total. The molecule has 0 aliphatic heterocycles. The van der Waals surface area contributed by atoms with Crippen molar-refractivity contribution in [1.29, 1.82) is 0 Å². The van der Waals surface area contributed by atoms with Crippen molar-refractivity contribution in [2.75, 3.05) is 5.75 Å². The Balaban J connectivity index is 2.82. The Morgan fingerprint density at radius 3 is 2.57 bits per heavy atom. The van der Waals surface area contributed by atoms with Crippen LogP contribution < -0.4 is 0 Å². The third-order valence-electron chi connectivity index (χ3n) is 0.407. The van der Waals surface area contributed by atoms with Gasteiger partial charge in [0.05, 0.1) is 6.42 Å². The number of thiol groups is 1. The van der Waals surface area contributed by atoms with Crippen LogP contribution in [-0.4, -0.2) is 16.8 Å². The van der Waals surface area contributed by atoms with E-state index in [0.29, 0.717) is 5.75 Å². The maximum Gasteiger partial charge on any atom is 0.304 e. The summed E-state index contributed by atoms with van der Waals surface area (Å²) < 4.78 is 0. The minimum atomic E-state index is -0.762. The first-order valence-corrected chi connectivity index (χ1v) is 3.79. The molecule has 4 heteroatoms. The Kier molecular flexibility index (Phi) is 4.44. The van der Waals surface area contributed by atoms with Gasteiger partial charge in [0.25, 0.3) is 0 Å². The van der Waals surface area contributed by atoms with E-state index in [2.05, 4.69) is 11.7 Å². The van der Waals surface area contributed by atoms with Gasteiger partial charge in [-0.05, 0) is 0 Å². The minimum absolute atomic E-state index is 0.203. The van der Waals surface area contributed by atoms with E-state index in [0.717, 1.165) is 0 Å². The molecule has 0 fully saturated rings. The number of hydrogen-bond acceptors (Lipinski definition) is 3. The highest BCUT2D eigenvalue weighted by Crippen LogP contribution is 2.05. The van der Waals surface area contributed by atoms with Crippen LogP contribution in [0.15, 0.2) is 0 Å². The van der Waals surface area contributed by atoms with E-state index in [-0.39, 0.29) is 6.42 Å². The molecule has 0 aliphatic rings. The number of carboxylic acids is 1. The van der Waals surface area contributed by atoms with Crippen molar-refractivity contribution in [2.45, 2.75) is 6.42 Å². The second-order valence-electron chi connectivity index (χ2n) is 0.977. The minimum Gasteiger partial charge on any atom is -0.481 e. The third kappa shape index (κ3) is 6.17. The molecule has 0 aromatic carbocycles. The molecule has 0 unspecified atom stereocenters. The summed E-state index contributed by atoms with van der Waals surface area (Å²) in [5, 5.41) is 8.00. The average molecular weight is 138 g/mol. The Hall–Kier alpha value is 0.170. The zero-order valence-electron chi connectivity index (χ0n) is 3.63. The predicted octanol–water partition coefficient (Wildman–Crippen LogP) is 1.04. The van der Waals surface area contributed by atoms with Gasteiger partial charge in [0, 0.05) is 5.75 Å². The Bertz CT molecular complexity index is 64.0. The normalized spacial score (nSPS) is 8.71. The summed E-state index contributed by atoms with van der Waals surface area (Å²) in [6.45, 7) is 0. The molecule has 42 valence electrons. The van der Waals surface area contributed by atoms with Gasteiger partial charge >= 0.3 is 5.97 Å². The van der Waals surface area contributed by atoms with Gasteiger partial charge in [-0.1, -0.05) is 10.8 Å². The predicted molar refractivity (Wildman–Crippen MR) is 33.7 cm³/mol. The van der Waals surface area contributed by atoms with E-state index >= 15 is 0 Å². The van der Waals surface area contributed by atoms with E-state index in [1.807, 2.05) is 0 Å². The molecular weight excluding hydrogens is 132 g/mol. The van der Waals surface area contributed by atoms with Crippen LogP contribution in [0.4, 0.5) is 0 Å². The molecule has 0 spiro atoms. The number of rotatable bonds is 3. The van der Waals surface area contributed by atoms with Crippen LogP contribution in [0.3, 0.4) is 0 Å². The smallest absolute Gasteiger partial charge is 0.304 e. The van der Waals surface area contributed by atoms with E-state index in [1.54, 1.807) is 0 Å². The number of hydrogen-bond donors (Lipinski definition) is 2. The molecule has 0 rings (SSSR count). The van der Waals surface area contributed by atoms with Crippen molar-refractivity contribution in [3.8, 4) is 0 Å². The Labute approximate surface area is 51.1 Å². The molecule has 0 amide bonds. The molecule has 0 saturated heterocycles. The molecule has 0 heterocycles. The molecule has 2 nitrogen and oxygen atoms in total. The van der Waals surface area contributed by atoms with E-state index < -0.39 is 5.97 Å². The fourth-order valence-electron chi connectivity index (χ4n) is 0.133. The zero-order chi connectivity index (χ0) is 5.70. The van der Waals surface area contributed by atoms with Crippen molar-refractivity contribution in [3.63, 3.8) is 0 Å². The summed E-state index contributed by atoms with van der Waals surface area (Å²) >= 11 is 3.75. The fourth-order valence-corrected chi connectivity index (χ4v) is 0.673. The first kappa shape index (κ1) is 7.17. The van der Waals surface area contributed by atoms with Gasteiger partial charge in [-0.2, -0.15) is 0 Å². The standard InChI is InChI=1S/C3H6O2S2/c4-3(5)1-2-7-6/h6H,1-2H2,(H,4,5). The maximum atomic E-state index is 9.71. The Morgan fingerprint density at radius 2 is 2.43 bits per heavy atom. The quantitative estimate of drug-likeness (QED) is 0.452. The van der Waals surface area contributed by atoms with Crippen LogP contribution in [-0.2, 0) is 4.79 Å². The van der Waals surface area contributed by atoms with Gasteiger partial charge in [-0.25, -0.2) is 0 Å². The lowest BCUT2D eigenvalue weighted by atomic mass is 10.5. The lowest BCUT2D eigenvalue weighted by Crippen LogP contribution is -1.94. The van der Waals surface area contributed by atoms with E-state index in [9.17, 15) is 4.79 Å². The zero-order valence-corrected chi connectivity index (χ0v) is 5.34. The van der Waals surface area contributed by atoms with Crippen LogP contribution in [0.2, 0.25) is 0 Å². The highest BCUT2D eigenvalue weighted by molar-refractivity contribution is 8.68. The molecule has 0 radical (unpaired) electrons. The first-order valence-electron chi connectivity index (χ1n) is 1.75. The van der Waals surface area contributed by atoms with Gasteiger partial charge < -0.3 is 5.11 Å². The van der Waals surface area contributed by atoms with Gasteiger partial charge in [0.1, 0.15) is 0 Å².